The van der Waals surface area contributed by atoms with Crippen LogP contribution in [-0.2, 0) is 0 Å². The number of methoxy groups -OCH3 is 1. The molecule has 2 heterocycles. The summed E-state index contributed by atoms with van der Waals surface area (Å²) < 4.78 is 5.29. The number of benzene rings is 2. The lowest BCUT2D eigenvalue weighted by Gasteiger charge is -2.28. The van der Waals surface area contributed by atoms with Gasteiger partial charge in [0.25, 0.3) is 5.91 Å². The van der Waals surface area contributed by atoms with Crippen LogP contribution in [-0.4, -0.2) is 34.7 Å². The summed E-state index contributed by atoms with van der Waals surface area (Å²) in [5.41, 5.74) is 4.22. The van der Waals surface area contributed by atoms with Crippen molar-refractivity contribution in [2.24, 2.45) is 5.92 Å². The molecule has 3 aromatic rings. The van der Waals surface area contributed by atoms with Gasteiger partial charge in [0.15, 0.2) is 0 Å². The highest BCUT2D eigenvalue weighted by Crippen LogP contribution is 2.43. The number of carbonyl (C=O) groups excluding carboxylic acids is 1. The standard InChI is InChI=1S/C22H22ClN3O2/c1-13(2)12-26-21(15-6-10-17(28-3)11-7-15)18-19(24-25-20(18)22(26)27)14-4-8-16(23)9-5-14/h4-11,13,21H,12H2,1-3H3,(H,24,25). The number of aromatic amines is 1. The summed E-state index contributed by atoms with van der Waals surface area (Å²) in [6.45, 7) is 4.89. The molecular formula is C22H22ClN3O2. The largest absolute Gasteiger partial charge is 0.497 e. The van der Waals surface area contributed by atoms with Crippen molar-refractivity contribution in [3.63, 3.8) is 0 Å². The molecule has 0 aliphatic carbocycles. The van der Waals surface area contributed by atoms with Gasteiger partial charge >= 0.3 is 0 Å². The fourth-order valence-corrected chi connectivity index (χ4v) is 3.86. The molecule has 1 unspecified atom stereocenters. The molecule has 5 nitrogen and oxygen atoms in total. The highest BCUT2D eigenvalue weighted by atomic mass is 35.5. The smallest absolute Gasteiger partial charge is 0.273 e. The van der Waals surface area contributed by atoms with E-state index in [0.717, 1.165) is 28.1 Å². The van der Waals surface area contributed by atoms with Gasteiger partial charge in [-0.25, -0.2) is 0 Å². The van der Waals surface area contributed by atoms with E-state index in [9.17, 15) is 4.79 Å². The number of rotatable bonds is 5. The van der Waals surface area contributed by atoms with E-state index in [1.807, 2.05) is 53.4 Å². The van der Waals surface area contributed by atoms with Crippen LogP contribution >= 0.6 is 11.6 Å². The minimum absolute atomic E-state index is 0.0165. The van der Waals surface area contributed by atoms with E-state index in [-0.39, 0.29) is 11.9 Å². The van der Waals surface area contributed by atoms with E-state index in [0.29, 0.717) is 23.2 Å². The van der Waals surface area contributed by atoms with Crippen LogP contribution in [0.5, 0.6) is 5.75 Å². The first-order chi connectivity index (χ1) is 13.5. The lowest BCUT2D eigenvalue weighted by atomic mass is 9.95. The Balaban J connectivity index is 1.85. The van der Waals surface area contributed by atoms with Crippen molar-refractivity contribution in [3.8, 4) is 17.0 Å². The molecule has 6 heteroatoms. The molecule has 2 aromatic carbocycles. The number of hydrogen-bond donors (Lipinski definition) is 1. The van der Waals surface area contributed by atoms with Crippen LogP contribution in [0.25, 0.3) is 11.3 Å². The number of amides is 1. The maximum Gasteiger partial charge on any atom is 0.273 e. The first kappa shape index (κ1) is 18.6. The van der Waals surface area contributed by atoms with Crippen molar-refractivity contribution in [1.29, 1.82) is 0 Å². The minimum atomic E-state index is -0.194. The Hall–Kier alpha value is -2.79. The average molecular weight is 396 g/mol. The van der Waals surface area contributed by atoms with Gasteiger partial charge in [-0.1, -0.05) is 49.7 Å². The highest BCUT2D eigenvalue weighted by molar-refractivity contribution is 6.30. The third-order valence-corrected chi connectivity index (χ3v) is 5.23. The quantitative estimate of drug-likeness (QED) is 0.665. The molecule has 1 aromatic heterocycles. The molecule has 0 saturated heterocycles. The van der Waals surface area contributed by atoms with Gasteiger partial charge in [0, 0.05) is 22.7 Å². The molecule has 1 aliphatic rings. The van der Waals surface area contributed by atoms with Crippen molar-refractivity contribution in [2.75, 3.05) is 13.7 Å². The molecule has 28 heavy (non-hydrogen) atoms. The van der Waals surface area contributed by atoms with E-state index in [4.69, 9.17) is 16.3 Å². The summed E-state index contributed by atoms with van der Waals surface area (Å²) in [6.07, 6.45) is 0. The number of nitrogens with one attached hydrogen (secondary N) is 1. The van der Waals surface area contributed by atoms with Gasteiger partial charge in [0.05, 0.1) is 18.8 Å². The third kappa shape index (κ3) is 3.16. The van der Waals surface area contributed by atoms with Crippen LogP contribution in [0.1, 0.15) is 41.5 Å². The number of hydrogen-bond acceptors (Lipinski definition) is 3. The van der Waals surface area contributed by atoms with Crippen LogP contribution in [0.3, 0.4) is 0 Å². The fourth-order valence-electron chi connectivity index (χ4n) is 3.74. The molecule has 0 bridgehead atoms. The fraction of sp³-hybridized carbons (Fsp3) is 0.273. The molecule has 1 aliphatic heterocycles. The van der Waals surface area contributed by atoms with Crippen molar-refractivity contribution in [1.82, 2.24) is 15.1 Å². The zero-order chi connectivity index (χ0) is 19.8. The van der Waals surface area contributed by atoms with E-state index < -0.39 is 0 Å². The molecule has 1 atom stereocenters. The Morgan fingerprint density at radius 1 is 1.14 bits per heavy atom. The van der Waals surface area contributed by atoms with Crippen LogP contribution in [0, 0.1) is 5.92 Å². The second kappa shape index (κ2) is 7.32. The SMILES string of the molecule is COc1ccc(C2c3c(-c4ccc(Cl)cc4)n[nH]c3C(=O)N2CC(C)C)cc1. The van der Waals surface area contributed by atoms with E-state index in [2.05, 4.69) is 24.0 Å². The summed E-state index contributed by atoms with van der Waals surface area (Å²) in [4.78, 5) is 15.1. The van der Waals surface area contributed by atoms with E-state index in [1.165, 1.54) is 0 Å². The molecular weight excluding hydrogens is 374 g/mol. The monoisotopic (exact) mass is 395 g/mol. The lowest BCUT2D eigenvalue weighted by molar-refractivity contribution is 0.0722. The summed E-state index contributed by atoms with van der Waals surface area (Å²) in [7, 11) is 1.64. The summed E-state index contributed by atoms with van der Waals surface area (Å²) in [5.74, 6) is 1.12. The zero-order valence-electron chi connectivity index (χ0n) is 16.1. The third-order valence-electron chi connectivity index (χ3n) is 4.97. The molecule has 1 N–H and O–H groups in total. The Bertz CT molecular complexity index is 994. The predicted octanol–water partition coefficient (Wildman–Crippen LogP) is 4.94. The Labute approximate surface area is 169 Å². The molecule has 0 saturated carbocycles. The number of ether oxygens (including phenoxy) is 1. The molecule has 0 spiro atoms. The van der Waals surface area contributed by atoms with Crippen LogP contribution in [0.2, 0.25) is 5.02 Å². The first-order valence-electron chi connectivity index (χ1n) is 9.28. The van der Waals surface area contributed by atoms with Crippen LogP contribution < -0.4 is 4.74 Å². The summed E-state index contributed by atoms with van der Waals surface area (Å²) in [6, 6.07) is 15.2. The summed E-state index contributed by atoms with van der Waals surface area (Å²) in [5, 5.41) is 8.11. The van der Waals surface area contributed by atoms with E-state index >= 15 is 0 Å². The zero-order valence-corrected chi connectivity index (χ0v) is 16.8. The molecule has 1 amide bonds. The molecule has 0 fully saturated rings. The summed E-state index contributed by atoms with van der Waals surface area (Å²) >= 11 is 6.04. The number of H-pyrrole nitrogens is 1. The van der Waals surface area contributed by atoms with Gasteiger partial charge in [-0.05, 0) is 35.7 Å². The van der Waals surface area contributed by atoms with Gasteiger partial charge in [-0.2, -0.15) is 5.10 Å². The van der Waals surface area contributed by atoms with Crippen molar-refractivity contribution in [3.05, 3.63) is 70.4 Å². The van der Waals surface area contributed by atoms with Crippen LogP contribution in [0.4, 0.5) is 0 Å². The predicted molar refractivity (Wildman–Crippen MR) is 110 cm³/mol. The van der Waals surface area contributed by atoms with Gasteiger partial charge < -0.3 is 9.64 Å². The van der Waals surface area contributed by atoms with Gasteiger partial charge in [-0.15, -0.1) is 0 Å². The number of nitrogens with zero attached hydrogens (tertiary/aromatic N) is 2. The van der Waals surface area contributed by atoms with Crippen molar-refractivity contribution < 1.29 is 9.53 Å². The normalized spacial score (nSPS) is 16.0. The second-order valence-corrected chi connectivity index (χ2v) is 7.83. The maximum absolute atomic E-state index is 13.1. The van der Waals surface area contributed by atoms with E-state index in [1.54, 1.807) is 7.11 Å². The minimum Gasteiger partial charge on any atom is -0.497 e. The van der Waals surface area contributed by atoms with Crippen LogP contribution in [0.15, 0.2) is 48.5 Å². The average Bonchev–Trinajstić information content (AvgIpc) is 3.22. The van der Waals surface area contributed by atoms with Gasteiger partial charge in [-0.3, -0.25) is 9.89 Å². The van der Waals surface area contributed by atoms with Crippen molar-refractivity contribution >= 4 is 17.5 Å². The Kier molecular flexibility index (Phi) is 4.85. The molecule has 144 valence electrons. The number of halogens is 1. The van der Waals surface area contributed by atoms with Crippen molar-refractivity contribution in [2.45, 2.75) is 19.9 Å². The molecule has 4 rings (SSSR count). The Morgan fingerprint density at radius 3 is 2.43 bits per heavy atom. The van der Waals surface area contributed by atoms with Gasteiger partial charge in [0.1, 0.15) is 11.4 Å². The highest BCUT2D eigenvalue weighted by Gasteiger charge is 2.42. The van der Waals surface area contributed by atoms with Gasteiger partial charge in [0.2, 0.25) is 0 Å². The molecule has 0 radical (unpaired) electrons. The number of fused-ring (bicyclic) bond motifs is 1. The first-order valence-corrected chi connectivity index (χ1v) is 9.66. The second-order valence-electron chi connectivity index (χ2n) is 7.39. The Morgan fingerprint density at radius 2 is 1.82 bits per heavy atom. The number of carbonyl (C=O) groups is 1. The topological polar surface area (TPSA) is 58.2 Å². The number of aromatic nitrogens is 2. The maximum atomic E-state index is 13.1. The lowest BCUT2D eigenvalue weighted by Crippen LogP contribution is -2.32.